The lowest BCUT2D eigenvalue weighted by Crippen LogP contribution is -2.41. The SMILES string of the molecule is CCCCC(=O)C(c1ccccc1)c1ccccc1S(=O)(=O)NC(C)(C)C. The Balaban J connectivity index is 2.59. The number of Topliss-reactive ketones (excluding diaryl/α,β-unsaturated/α-hetero) is 1. The van der Waals surface area contributed by atoms with Crippen molar-refractivity contribution in [1.82, 2.24) is 4.72 Å². The average Bonchev–Trinajstić information content (AvgIpc) is 2.59. The van der Waals surface area contributed by atoms with Gasteiger partial charge in [-0.05, 0) is 44.4 Å². The van der Waals surface area contributed by atoms with Crippen LogP contribution in [0.3, 0.4) is 0 Å². The summed E-state index contributed by atoms with van der Waals surface area (Å²) in [5.41, 5.74) is 0.735. The quantitative estimate of drug-likeness (QED) is 0.717. The van der Waals surface area contributed by atoms with Crippen molar-refractivity contribution in [3.05, 3.63) is 65.7 Å². The minimum absolute atomic E-state index is 0.0430. The monoisotopic (exact) mass is 387 g/mol. The molecule has 2 aromatic rings. The topological polar surface area (TPSA) is 63.2 Å². The van der Waals surface area contributed by atoms with Crippen molar-refractivity contribution in [1.29, 1.82) is 0 Å². The number of hydrogen-bond donors (Lipinski definition) is 1. The van der Waals surface area contributed by atoms with Gasteiger partial charge in [0.2, 0.25) is 10.0 Å². The van der Waals surface area contributed by atoms with Crippen molar-refractivity contribution < 1.29 is 13.2 Å². The van der Waals surface area contributed by atoms with E-state index in [-0.39, 0.29) is 10.7 Å². The number of unbranched alkanes of at least 4 members (excludes halogenated alkanes) is 1. The van der Waals surface area contributed by atoms with Gasteiger partial charge in [0, 0.05) is 12.0 Å². The first-order valence-electron chi connectivity index (χ1n) is 9.36. The van der Waals surface area contributed by atoms with Crippen molar-refractivity contribution >= 4 is 15.8 Å². The molecule has 0 radical (unpaired) electrons. The number of carbonyl (C=O) groups is 1. The van der Waals surface area contributed by atoms with Gasteiger partial charge >= 0.3 is 0 Å². The predicted molar refractivity (Wildman–Crippen MR) is 109 cm³/mol. The molecule has 0 spiro atoms. The lowest BCUT2D eigenvalue weighted by Gasteiger charge is -2.24. The van der Waals surface area contributed by atoms with E-state index in [2.05, 4.69) is 4.72 Å². The minimum Gasteiger partial charge on any atom is -0.299 e. The average molecular weight is 388 g/mol. The summed E-state index contributed by atoms with van der Waals surface area (Å²) in [7, 11) is -3.76. The van der Waals surface area contributed by atoms with Gasteiger partial charge in [-0.15, -0.1) is 0 Å². The Morgan fingerprint density at radius 1 is 1.00 bits per heavy atom. The molecule has 1 unspecified atom stereocenters. The first-order chi connectivity index (χ1) is 12.7. The van der Waals surface area contributed by atoms with Crippen LogP contribution in [-0.4, -0.2) is 19.7 Å². The number of carbonyl (C=O) groups excluding carboxylic acids is 1. The zero-order chi connectivity index (χ0) is 20.1. The molecule has 0 aliphatic heterocycles. The van der Waals surface area contributed by atoms with Gasteiger partial charge in [-0.2, -0.15) is 0 Å². The lowest BCUT2D eigenvalue weighted by molar-refractivity contribution is -0.119. The van der Waals surface area contributed by atoms with Crippen molar-refractivity contribution in [2.45, 2.75) is 63.3 Å². The normalized spacial score (nSPS) is 13.3. The number of rotatable bonds is 8. The molecule has 0 aliphatic rings. The third kappa shape index (κ3) is 5.75. The number of hydrogen-bond acceptors (Lipinski definition) is 3. The summed E-state index contributed by atoms with van der Waals surface area (Å²) in [6.45, 7) is 7.44. The van der Waals surface area contributed by atoms with E-state index in [0.29, 0.717) is 12.0 Å². The van der Waals surface area contributed by atoms with Crippen LogP contribution in [0.15, 0.2) is 59.5 Å². The maximum absolute atomic E-state index is 13.1. The summed E-state index contributed by atoms with van der Waals surface area (Å²) in [5, 5.41) is 0. The summed E-state index contributed by atoms with van der Waals surface area (Å²) in [5.74, 6) is -0.549. The van der Waals surface area contributed by atoms with Crippen LogP contribution in [-0.2, 0) is 14.8 Å². The second-order valence-corrected chi connectivity index (χ2v) is 9.46. The molecule has 0 bridgehead atoms. The highest BCUT2D eigenvalue weighted by Gasteiger charge is 2.30. The number of sulfonamides is 1. The van der Waals surface area contributed by atoms with E-state index in [4.69, 9.17) is 0 Å². The molecule has 4 nitrogen and oxygen atoms in total. The predicted octanol–water partition coefficient (Wildman–Crippen LogP) is 4.65. The van der Waals surface area contributed by atoms with Gasteiger partial charge in [0.05, 0.1) is 10.8 Å². The molecule has 0 aliphatic carbocycles. The highest BCUT2D eigenvalue weighted by Crippen LogP contribution is 2.32. The van der Waals surface area contributed by atoms with E-state index in [1.54, 1.807) is 45.0 Å². The first kappa shape index (κ1) is 21.3. The van der Waals surface area contributed by atoms with Crippen molar-refractivity contribution in [3.63, 3.8) is 0 Å². The fourth-order valence-electron chi connectivity index (χ4n) is 3.10. The van der Waals surface area contributed by atoms with Crippen LogP contribution in [0, 0.1) is 0 Å². The van der Waals surface area contributed by atoms with E-state index < -0.39 is 21.5 Å². The molecule has 1 N–H and O–H groups in total. The Morgan fingerprint density at radius 2 is 1.59 bits per heavy atom. The molecule has 146 valence electrons. The standard InChI is InChI=1S/C22H29NO3S/c1-5-6-15-19(24)21(17-12-8-7-9-13-17)18-14-10-11-16-20(18)27(25,26)23-22(2,3)4/h7-14,16,21,23H,5-6,15H2,1-4H3. The minimum atomic E-state index is -3.76. The second-order valence-electron chi connectivity index (χ2n) is 7.81. The molecule has 2 rings (SSSR count). The third-order valence-electron chi connectivity index (χ3n) is 4.19. The van der Waals surface area contributed by atoms with E-state index in [0.717, 1.165) is 18.4 Å². The third-order valence-corrected chi connectivity index (χ3v) is 6.02. The van der Waals surface area contributed by atoms with E-state index in [1.165, 1.54) is 0 Å². The van der Waals surface area contributed by atoms with E-state index in [1.807, 2.05) is 37.3 Å². The molecule has 1 atom stereocenters. The summed E-state index contributed by atoms with van der Waals surface area (Å²) < 4.78 is 28.7. The van der Waals surface area contributed by atoms with Crippen molar-refractivity contribution in [3.8, 4) is 0 Å². The van der Waals surface area contributed by atoms with Crippen LogP contribution < -0.4 is 4.72 Å². The summed E-state index contributed by atoms with van der Waals surface area (Å²) >= 11 is 0. The number of benzene rings is 2. The number of ketones is 1. The maximum atomic E-state index is 13.1. The molecule has 27 heavy (non-hydrogen) atoms. The van der Waals surface area contributed by atoms with Gasteiger partial charge < -0.3 is 0 Å². The summed E-state index contributed by atoms with van der Waals surface area (Å²) in [6.07, 6.45) is 2.13. The van der Waals surface area contributed by atoms with Gasteiger partial charge in [-0.25, -0.2) is 13.1 Å². The summed E-state index contributed by atoms with van der Waals surface area (Å²) in [4.78, 5) is 13.2. The van der Waals surface area contributed by atoms with Crippen LogP contribution >= 0.6 is 0 Å². The zero-order valence-corrected chi connectivity index (χ0v) is 17.3. The Morgan fingerprint density at radius 3 is 2.19 bits per heavy atom. The maximum Gasteiger partial charge on any atom is 0.241 e. The van der Waals surface area contributed by atoms with Gasteiger partial charge in [-0.3, -0.25) is 4.79 Å². The van der Waals surface area contributed by atoms with E-state index >= 15 is 0 Å². The molecule has 0 amide bonds. The van der Waals surface area contributed by atoms with Crippen molar-refractivity contribution in [2.24, 2.45) is 0 Å². The molecule has 0 saturated carbocycles. The van der Waals surface area contributed by atoms with Gasteiger partial charge in [0.1, 0.15) is 5.78 Å². The second kappa shape index (κ2) is 8.81. The Hall–Kier alpha value is -1.98. The smallest absolute Gasteiger partial charge is 0.241 e. The van der Waals surface area contributed by atoms with Crippen LogP contribution in [0.25, 0.3) is 0 Å². The molecular formula is C22H29NO3S. The Kier molecular flexibility index (Phi) is 6.95. The van der Waals surface area contributed by atoms with Crippen LogP contribution in [0.1, 0.15) is 64.0 Å². The van der Waals surface area contributed by atoms with Crippen LogP contribution in [0.5, 0.6) is 0 Å². The molecule has 0 saturated heterocycles. The molecule has 0 heterocycles. The zero-order valence-electron chi connectivity index (χ0n) is 16.5. The molecule has 0 fully saturated rings. The van der Waals surface area contributed by atoms with Gasteiger partial charge in [0.25, 0.3) is 0 Å². The fraction of sp³-hybridized carbons (Fsp3) is 0.409. The molecular weight excluding hydrogens is 358 g/mol. The molecule has 0 aromatic heterocycles. The van der Waals surface area contributed by atoms with Crippen molar-refractivity contribution in [2.75, 3.05) is 0 Å². The summed E-state index contributed by atoms with van der Waals surface area (Å²) in [6, 6.07) is 16.2. The fourth-order valence-corrected chi connectivity index (χ4v) is 4.77. The van der Waals surface area contributed by atoms with Crippen LogP contribution in [0.4, 0.5) is 0 Å². The van der Waals surface area contributed by atoms with Gasteiger partial charge in [-0.1, -0.05) is 61.9 Å². The molecule has 2 aromatic carbocycles. The highest BCUT2D eigenvalue weighted by molar-refractivity contribution is 7.89. The Labute approximate surface area is 163 Å². The van der Waals surface area contributed by atoms with E-state index in [9.17, 15) is 13.2 Å². The molecule has 5 heteroatoms. The lowest BCUT2D eigenvalue weighted by atomic mass is 9.86. The number of nitrogens with one attached hydrogen (secondary N) is 1. The highest BCUT2D eigenvalue weighted by atomic mass is 32.2. The van der Waals surface area contributed by atoms with Gasteiger partial charge in [0.15, 0.2) is 0 Å². The Bertz CT molecular complexity index is 868. The van der Waals surface area contributed by atoms with Crippen LogP contribution in [0.2, 0.25) is 0 Å². The largest absolute Gasteiger partial charge is 0.299 e. The first-order valence-corrected chi connectivity index (χ1v) is 10.8.